The molecule has 0 aromatic carbocycles. The molecule has 178 valence electrons. The zero-order valence-corrected chi connectivity index (χ0v) is 18.8. The number of aromatic amines is 1. The average molecular weight is 491 g/mol. The topological polar surface area (TPSA) is 93.2 Å². The first kappa shape index (κ1) is 22.3. The SMILES string of the molecule is Cc1c(C(=O)N2CCC(n3cccc3SC(F)(F)F)CC2)cnn1-c1nn2cccc2c(=O)[nH]1. The minimum absolute atomic E-state index is 0.115. The van der Waals surface area contributed by atoms with E-state index < -0.39 is 5.51 Å². The zero-order valence-electron chi connectivity index (χ0n) is 18.0. The van der Waals surface area contributed by atoms with Crippen molar-refractivity contribution < 1.29 is 18.0 Å². The maximum Gasteiger partial charge on any atom is 0.447 e. The van der Waals surface area contributed by atoms with Gasteiger partial charge in [-0.2, -0.15) is 18.3 Å². The maximum atomic E-state index is 13.2. The van der Waals surface area contributed by atoms with Crippen LogP contribution < -0.4 is 5.56 Å². The highest BCUT2D eigenvalue weighted by atomic mass is 32.2. The van der Waals surface area contributed by atoms with Crippen LogP contribution in [0.2, 0.25) is 0 Å². The molecule has 9 nitrogen and oxygen atoms in total. The molecular formula is C21H20F3N7O2S. The van der Waals surface area contributed by atoms with Crippen molar-refractivity contribution in [3.63, 3.8) is 0 Å². The first-order valence-corrected chi connectivity index (χ1v) is 11.4. The Labute approximate surface area is 195 Å². The number of nitrogens with zero attached hydrogens (tertiary/aromatic N) is 6. The lowest BCUT2D eigenvalue weighted by Crippen LogP contribution is -2.39. The van der Waals surface area contributed by atoms with Crippen LogP contribution in [0.1, 0.15) is 34.9 Å². The molecular weight excluding hydrogens is 471 g/mol. The van der Waals surface area contributed by atoms with Gasteiger partial charge in [0.25, 0.3) is 11.5 Å². The van der Waals surface area contributed by atoms with Gasteiger partial charge in [-0.25, -0.2) is 9.20 Å². The van der Waals surface area contributed by atoms with Crippen LogP contribution in [0.5, 0.6) is 0 Å². The van der Waals surface area contributed by atoms with E-state index in [4.69, 9.17) is 0 Å². The number of thioether (sulfide) groups is 1. The molecule has 4 aromatic rings. The lowest BCUT2D eigenvalue weighted by molar-refractivity contribution is -0.0331. The average Bonchev–Trinajstić information content (AvgIpc) is 3.52. The smallest absolute Gasteiger partial charge is 0.339 e. The molecule has 0 aliphatic carbocycles. The lowest BCUT2D eigenvalue weighted by atomic mass is 10.0. The fourth-order valence-electron chi connectivity index (χ4n) is 4.26. The summed E-state index contributed by atoms with van der Waals surface area (Å²) in [5.74, 6) is -0.0322. The van der Waals surface area contributed by atoms with Gasteiger partial charge < -0.3 is 9.47 Å². The second-order valence-electron chi connectivity index (χ2n) is 8.00. The van der Waals surface area contributed by atoms with E-state index in [0.717, 1.165) is 0 Å². The molecule has 1 saturated heterocycles. The van der Waals surface area contributed by atoms with Gasteiger partial charge in [0.15, 0.2) is 0 Å². The van der Waals surface area contributed by atoms with Gasteiger partial charge in [0.2, 0.25) is 5.95 Å². The first-order chi connectivity index (χ1) is 16.2. The Bertz CT molecular complexity index is 1410. The van der Waals surface area contributed by atoms with Crippen LogP contribution in [-0.4, -0.2) is 58.4 Å². The molecule has 5 rings (SSSR count). The van der Waals surface area contributed by atoms with Crippen molar-refractivity contribution in [2.45, 2.75) is 36.3 Å². The minimum atomic E-state index is -4.35. The molecule has 4 aromatic heterocycles. The molecule has 0 atom stereocenters. The lowest BCUT2D eigenvalue weighted by Gasteiger charge is -2.33. The summed E-state index contributed by atoms with van der Waals surface area (Å²) >= 11 is -0.125. The fraction of sp³-hybridized carbons (Fsp3) is 0.333. The number of carbonyl (C=O) groups excluding carboxylic acids is 1. The molecule has 1 aliphatic heterocycles. The Morgan fingerprint density at radius 1 is 1.18 bits per heavy atom. The predicted octanol–water partition coefficient (Wildman–Crippen LogP) is 3.41. The Morgan fingerprint density at radius 3 is 2.65 bits per heavy atom. The molecule has 1 amide bonds. The van der Waals surface area contributed by atoms with E-state index in [1.54, 1.807) is 47.0 Å². The molecule has 0 radical (unpaired) electrons. The molecule has 0 unspecified atom stereocenters. The number of amides is 1. The number of H-pyrrole nitrogens is 1. The Hall–Kier alpha value is -3.48. The molecule has 1 aliphatic rings. The number of hydrogen-bond acceptors (Lipinski definition) is 5. The summed E-state index contributed by atoms with van der Waals surface area (Å²) in [4.78, 5) is 29.8. The van der Waals surface area contributed by atoms with Crippen LogP contribution in [-0.2, 0) is 0 Å². The van der Waals surface area contributed by atoms with E-state index in [0.29, 0.717) is 42.7 Å². The number of likely N-dealkylation sites (tertiary alicyclic amines) is 1. The van der Waals surface area contributed by atoms with Gasteiger partial charge in [0, 0.05) is 43.3 Å². The van der Waals surface area contributed by atoms with Crippen molar-refractivity contribution in [2.75, 3.05) is 13.1 Å². The number of halogens is 3. The quantitative estimate of drug-likeness (QED) is 0.442. The van der Waals surface area contributed by atoms with Crippen molar-refractivity contribution in [3.05, 3.63) is 64.5 Å². The van der Waals surface area contributed by atoms with E-state index in [2.05, 4.69) is 15.2 Å². The van der Waals surface area contributed by atoms with E-state index in [1.807, 2.05) is 0 Å². The summed E-state index contributed by atoms with van der Waals surface area (Å²) in [6, 6.07) is 6.29. The third kappa shape index (κ3) is 4.11. The van der Waals surface area contributed by atoms with Crippen molar-refractivity contribution in [3.8, 4) is 5.95 Å². The second-order valence-corrected chi connectivity index (χ2v) is 9.08. The minimum Gasteiger partial charge on any atom is -0.339 e. The summed E-state index contributed by atoms with van der Waals surface area (Å²) in [6.45, 7) is 2.53. The third-order valence-corrected chi connectivity index (χ3v) is 6.72. The van der Waals surface area contributed by atoms with Crippen LogP contribution >= 0.6 is 11.8 Å². The number of alkyl halides is 3. The largest absolute Gasteiger partial charge is 0.447 e. The Kier molecular flexibility index (Phi) is 5.50. The maximum absolute atomic E-state index is 13.2. The van der Waals surface area contributed by atoms with Crippen LogP contribution in [0.3, 0.4) is 0 Å². The van der Waals surface area contributed by atoms with Crippen molar-refractivity contribution in [1.82, 2.24) is 33.8 Å². The van der Waals surface area contributed by atoms with Crippen molar-refractivity contribution in [2.24, 2.45) is 0 Å². The molecule has 1 fully saturated rings. The zero-order chi connectivity index (χ0) is 24.0. The number of rotatable bonds is 4. The summed E-state index contributed by atoms with van der Waals surface area (Å²) in [6.07, 6.45) is 5.82. The van der Waals surface area contributed by atoms with Gasteiger partial charge in [0.05, 0.1) is 22.5 Å². The van der Waals surface area contributed by atoms with E-state index >= 15 is 0 Å². The number of aromatic nitrogens is 6. The van der Waals surface area contributed by atoms with Gasteiger partial charge >= 0.3 is 5.51 Å². The monoisotopic (exact) mass is 491 g/mol. The summed E-state index contributed by atoms with van der Waals surface area (Å²) in [7, 11) is 0. The van der Waals surface area contributed by atoms with Crippen LogP contribution in [0.15, 0.2) is 52.7 Å². The normalized spacial score (nSPS) is 15.4. The van der Waals surface area contributed by atoms with Gasteiger partial charge in [-0.15, -0.1) is 5.10 Å². The first-order valence-electron chi connectivity index (χ1n) is 10.6. The molecule has 34 heavy (non-hydrogen) atoms. The molecule has 5 heterocycles. The Balaban J connectivity index is 1.31. The fourth-order valence-corrected chi connectivity index (χ4v) is 4.96. The highest BCUT2D eigenvalue weighted by Gasteiger charge is 2.33. The second kappa shape index (κ2) is 8.38. The molecule has 13 heteroatoms. The highest BCUT2D eigenvalue weighted by Crippen LogP contribution is 2.39. The third-order valence-electron chi connectivity index (χ3n) is 5.93. The van der Waals surface area contributed by atoms with Gasteiger partial charge in [-0.05, 0) is 44.0 Å². The van der Waals surface area contributed by atoms with E-state index in [9.17, 15) is 22.8 Å². The predicted molar refractivity (Wildman–Crippen MR) is 118 cm³/mol. The highest BCUT2D eigenvalue weighted by molar-refractivity contribution is 8.00. The van der Waals surface area contributed by atoms with Crippen LogP contribution in [0.4, 0.5) is 13.2 Å². The van der Waals surface area contributed by atoms with Gasteiger partial charge in [-0.1, -0.05) is 0 Å². The number of fused-ring (bicyclic) bond motifs is 1. The number of carbonyl (C=O) groups is 1. The number of piperidine rings is 1. The van der Waals surface area contributed by atoms with Crippen LogP contribution in [0, 0.1) is 6.92 Å². The molecule has 0 saturated carbocycles. The summed E-state index contributed by atoms with van der Waals surface area (Å²) in [5.41, 5.74) is -3.38. The van der Waals surface area contributed by atoms with Crippen LogP contribution in [0.25, 0.3) is 11.5 Å². The van der Waals surface area contributed by atoms with E-state index in [1.165, 1.54) is 21.5 Å². The summed E-state index contributed by atoms with van der Waals surface area (Å²) < 4.78 is 43.0. The van der Waals surface area contributed by atoms with Gasteiger partial charge in [-0.3, -0.25) is 14.6 Å². The number of hydrogen-bond donors (Lipinski definition) is 1. The summed E-state index contributed by atoms with van der Waals surface area (Å²) in [5, 5.41) is 8.73. The Morgan fingerprint density at radius 2 is 1.91 bits per heavy atom. The standard InChI is InChI=1S/C21H20F3N7O2S/c1-13-15(12-25-31(13)20-26-18(32)16-4-2-9-30(16)27-20)19(33)28-10-6-14(7-11-28)29-8-3-5-17(29)34-21(22,23)24/h2-5,8-9,12,14H,6-7,10-11H2,1H3,(H,26,27,32). The van der Waals surface area contributed by atoms with Crippen molar-refractivity contribution >= 4 is 23.2 Å². The molecule has 0 spiro atoms. The van der Waals surface area contributed by atoms with E-state index in [-0.39, 0.29) is 40.2 Å². The molecule has 1 N–H and O–H groups in total. The number of nitrogens with one attached hydrogen (secondary N) is 1. The van der Waals surface area contributed by atoms with Gasteiger partial charge in [0.1, 0.15) is 5.52 Å². The molecule has 0 bridgehead atoms. The van der Waals surface area contributed by atoms with Crippen molar-refractivity contribution in [1.29, 1.82) is 0 Å².